The molecule has 68 valence electrons. The first-order valence-corrected chi connectivity index (χ1v) is 3.98. The van der Waals surface area contributed by atoms with E-state index in [0.717, 1.165) is 0 Å². The maximum Gasteiger partial charge on any atom is 0.154 e. The second kappa shape index (κ2) is 5.52. The molecule has 0 spiro atoms. The summed E-state index contributed by atoms with van der Waals surface area (Å²) in [7, 11) is 1.63. The topological polar surface area (TPSA) is 38.7 Å². The zero-order valence-corrected chi connectivity index (χ0v) is 7.70. The fraction of sp³-hybridized carbons (Fsp3) is 1.00. The first-order chi connectivity index (χ1) is 5.11. The van der Waals surface area contributed by atoms with Gasteiger partial charge in [0.1, 0.15) is 0 Å². The summed E-state index contributed by atoms with van der Waals surface area (Å²) >= 11 is 0. The molecule has 3 heteroatoms. The smallest absolute Gasteiger partial charge is 0.154 e. The lowest BCUT2D eigenvalue weighted by Crippen LogP contribution is -2.29. The highest BCUT2D eigenvalue weighted by Crippen LogP contribution is 2.05. The van der Waals surface area contributed by atoms with E-state index >= 15 is 0 Å². The van der Waals surface area contributed by atoms with Crippen LogP contribution in [0.4, 0.5) is 0 Å². The molecule has 0 bridgehead atoms. The Bertz CT molecular complexity index is 95.3. The molecule has 0 saturated carbocycles. The van der Waals surface area contributed by atoms with Crippen LogP contribution in [0.1, 0.15) is 27.2 Å². The van der Waals surface area contributed by atoms with E-state index in [2.05, 4.69) is 0 Å². The van der Waals surface area contributed by atoms with Crippen molar-refractivity contribution in [2.24, 2.45) is 0 Å². The Labute approximate surface area is 68.3 Å². The van der Waals surface area contributed by atoms with Crippen LogP contribution in [-0.4, -0.2) is 30.7 Å². The van der Waals surface area contributed by atoms with Gasteiger partial charge in [0.15, 0.2) is 6.29 Å². The van der Waals surface area contributed by atoms with Crippen LogP contribution < -0.4 is 0 Å². The Morgan fingerprint density at radius 1 is 1.27 bits per heavy atom. The van der Waals surface area contributed by atoms with Crippen LogP contribution in [0.2, 0.25) is 0 Å². The van der Waals surface area contributed by atoms with Crippen molar-refractivity contribution >= 4 is 0 Å². The van der Waals surface area contributed by atoms with Crippen molar-refractivity contribution < 1.29 is 14.6 Å². The number of aliphatic hydroxyl groups excluding tert-OH is 1. The highest BCUT2D eigenvalue weighted by atomic mass is 16.6. The average molecular weight is 162 g/mol. The predicted octanol–water partition coefficient (Wildman–Crippen LogP) is 1.15. The van der Waals surface area contributed by atoms with E-state index in [9.17, 15) is 0 Å². The van der Waals surface area contributed by atoms with Gasteiger partial charge in [0.2, 0.25) is 0 Å². The fourth-order valence-electron chi connectivity index (χ4n) is 0.646. The molecule has 3 nitrogen and oxygen atoms in total. The standard InChI is InChI=1S/C8H18O3/c1-5-8(9)11-7(3)6(2)10-4/h6-9H,5H2,1-4H3/t6-,7?,8-/m1/s1. The minimum absolute atomic E-state index is 0.0243. The van der Waals surface area contributed by atoms with Gasteiger partial charge in [-0.25, -0.2) is 0 Å². The summed E-state index contributed by atoms with van der Waals surface area (Å²) in [4.78, 5) is 0. The van der Waals surface area contributed by atoms with E-state index in [1.807, 2.05) is 20.8 Å². The van der Waals surface area contributed by atoms with Gasteiger partial charge in [-0.1, -0.05) is 6.92 Å². The maximum atomic E-state index is 9.09. The van der Waals surface area contributed by atoms with Crippen LogP contribution in [-0.2, 0) is 9.47 Å². The minimum Gasteiger partial charge on any atom is -0.379 e. The lowest BCUT2D eigenvalue weighted by atomic mass is 10.2. The summed E-state index contributed by atoms with van der Waals surface area (Å²) in [6.07, 6.45) is -0.0884. The molecule has 0 amide bonds. The molecule has 0 aliphatic rings. The van der Waals surface area contributed by atoms with Gasteiger partial charge < -0.3 is 14.6 Å². The molecule has 11 heavy (non-hydrogen) atoms. The van der Waals surface area contributed by atoms with Crippen LogP contribution in [0, 0.1) is 0 Å². The molecular weight excluding hydrogens is 144 g/mol. The summed E-state index contributed by atoms with van der Waals surface area (Å²) in [5.74, 6) is 0. The van der Waals surface area contributed by atoms with Crippen LogP contribution in [0.3, 0.4) is 0 Å². The summed E-state index contributed by atoms with van der Waals surface area (Å²) in [6, 6.07) is 0. The number of hydrogen-bond acceptors (Lipinski definition) is 3. The van der Waals surface area contributed by atoms with Crippen molar-refractivity contribution in [2.75, 3.05) is 7.11 Å². The van der Waals surface area contributed by atoms with Gasteiger partial charge in [0.25, 0.3) is 0 Å². The SMILES string of the molecule is CC[C@H](O)OC(C)[C@@H](C)OC. The highest BCUT2D eigenvalue weighted by molar-refractivity contribution is 4.59. The van der Waals surface area contributed by atoms with Crippen LogP contribution in [0.15, 0.2) is 0 Å². The normalized spacial score (nSPS) is 19.4. The van der Waals surface area contributed by atoms with Crippen molar-refractivity contribution in [1.29, 1.82) is 0 Å². The zero-order valence-electron chi connectivity index (χ0n) is 7.70. The molecule has 0 aromatic rings. The lowest BCUT2D eigenvalue weighted by molar-refractivity contribution is -0.161. The van der Waals surface area contributed by atoms with Crippen molar-refractivity contribution in [3.8, 4) is 0 Å². The third-order valence-electron chi connectivity index (χ3n) is 1.75. The molecule has 0 radical (unpaired) electrons. The number of rotatable bonds is 5. The molecule has 0 fully saturated rings. The first kappa shape index (κ1) is 10.9. The van der Waals surface area contributed by atoms with Gasteiger partial charge in [-0.15, -0.1) is 0 Å². The van der Waals surface area contributed by atoms with E-state index < -0.39 is 6.29 Å². The summed E-state index contributed by atoms with van der Waals surface area (Å²) < 4.78 is 10.2. The van der Waals surface area contributed by atoms with Gasteiger partial charge in [0, 0.05) is 7.11 Å². The first-order valence-electron chi connectivity index (χ1n) is 3.98. The monoisotopic (exact) mass is 162 g/mol. The Kier molecular flexibility index (Phi) is 5.46. The number of ether oxygens (including phenoxy) is 2. The third-order valence-corrected chi connectivity index (χ3v) is 1.75. The van der Waals surface area contributed by atoms with E-state index in [1.54, 1.807) is 7.11 Å². The Morgan fingerprint density at radius 2 is 1.82 bits per heavy atom. The van der Waals surface area contributed by atoms with Crippen molar-refractivity contribution in [3.05, 3.63) is 0 Å². The minimum atomic E-state index is -0.664. The summed E-state index contributed by atoms with van der Waals surface area (Å²) in [6.45, 7) is 5.66. The second-order valence-corrected chi connectivity index (χ2v) is 2.64. The maximum absolute atomic E-state index is 9.09. The number of hydrogen-bond donors (Lipinski definition) is 1. The van der Waals surface area contributed by atoms with Crippen molar-refractivity contribution in [3.63, 3.8) is 0 Å². The van der Waals surface area contributed by atoms with Gasteiger partial charge >= 0.3 is 0 Å². The van der Waals surface area contributed by atoms with Gasteiger partial charge in [-0.2, -0.15) is 0 Å². The third kappa shape index (κ3) is 4.35. The van der Waals surface area contributed by atoms with Crippen LogP contribution in [0.5, 0.6) is 0 Å². The molecule has 1 unspecified atom stereocenters. The van der Waals surface area contributed by atoms with E-state index in [4.69, 9.17) is 14.6 Å². The molecule has 0 heterocycles. The van der Waals surface area contributed by atoms with Crippen LogP contribution >= 0.6 is 0 Å². The Hall–Kier alpha value is -0.120. The molecular formula is C8H18O3. The number of aliphatic hydroxyl groups is 1. The van der Waals surface area contributed by atoms with Gasteiger partial charge in [-0.3, -0.25) is 0 Å². The van der Waals surface area contributed by atoms with Crippen molar-refractivity contribution in [1.82, 2.24) is 0 Å². The molecule has 0 rings (SSSR count). The predicted molar refractivity (Wildman–Crippen MR) is 43.3 cm³/mol. The van der Waals surface area contributed by atoms with Crippen molar-refractivity contribution in [2.45, 2.75) is 45.7 Å². The Morgan fingerprint density at radius 3 is 2.18 bits per heavy atom. The molecule has 0 aromatic carbocycles. The van der Waals surface area contributed by atoms with E-state index in [0.29, 0.717) is 6.42 Å². The van der Waals surface area contributed by atoms with Gasteiger partial charge in [0.05, 0.1) is 12.2 Å². The quantitative estimate of drug-likeness (QED) is 0.616. The fourth-order valence-corrected chi connectivity index (χ4v) is 0.646. The molecule has 0 aliphatic carbocycles. The molecule has 0 aliphatic heterocycles. The van der Waals surface area contributed by atoms with Crippen LogP contribution in [0.25, 0.3) is 0 Å². The molecule has 1 N–H and O–H groups in total. The van der Waals surface area contributed by atoms with E-state index in [1.165, 1.54) is 0 Å². The highest BCUT2D eigenvalue weighted by Gasteiger charge is 2.14. The molecule has 0 saturated heterocycles. The largest absolute Gasteiger partial charge is 0.379 e. The zero-order chi connectivity index (χ0) is 8.85. The lowest BCUT2D eigenvalue weighted by Gasteiger charge is -2.21. The van der Waals surface area contributed by atoms with Gasteiger partial charge in [-0.05, 0) is 20.3 Å². The Balaban J connectivity index is 3.58. The van der Waals surface area contributed by atoms with E-state index in [-0.39, 0.29) is 12.2 Å². The molecule has 3 atom stereocenters. The number of methoxy groups -OCH3 is 1. The average Bonchev–Trinajstić information content (AvgIpc) is 2.02. The summed E-state index contributed by atoms with van der Waals surface area (Å²) in [5.41, 5.74) is 0. The summed E-state index contributed by atoms with van der Waals surface area (Å²) in [5, 5.41) is 9.09. The molecule has 0 aromatic heterocycles. The second-order valence-electron chi connectivity index (χ2n) is 2.64.